The molecular formula is C21H26N2O3. The van der Waals surface area contributed by atoms with Gasteiger partial charge in [0, 0.05) is 6.54 Å². The summed E-state index contributed by atoms with van der Waals surface area (Å²) in [6.45, 7) is 4.21. The zero-order valence-corrected chi connectivity index (χ0v) is 15.5. The van der Waals surface area contributed by atoms with Crippen LogP contribution in [0.3, 0.4) is 0 Å². The maximum Gasteiger partial charge on any atom is 0.243 e. The summed E-state index contributed by atoms with van der Waals surface area (Å²) in [6.07, 6.45) is 0.257. The Morgan fingerprint density at radius 2 is 1.69 bits per heavy atom. The highest BCUT2D eigenvalue weighted by atomic mass is 16.5. The molecule has 0 aliphatic heterocycles. The molecule has 0 unspecified atom stereocenters. The summed E-state index contributed by atoms with van der Waals surface area (Å²) < 4.78 is 5.19. The quantitative estimate of drug-likeness (QED) is 0.766. The summed E-state index contributed by atoms with van der Waals surface area (Å²) in [5.74, 6) is 0.379. The number of benzene rings is 2. The Hall–Kier alpha value is -2.82. The first-order chi connectivity index (χ1) is 12.5. The Kier molecular flexibility index (Phi) is 7.21. The number of ether oxygens (including phenoxy) is 1. The molecule has 0 aliphatic rings. The zero-order valence-electron chi connectivity index (χ0n) is 15.5. The number of rotatable bonds is 8. The van der Waals surface area contributed by atoms with E-state index in [0.29, 0.717) is 6.54 Å². The van der Waals surface area contributed by atoms with Crippen LogP contribution in [0.2, 0.25) is 0 Å². The van der Waals surface area contributed by atoms with Gasteiger partial charge in [0.2, 0.25) is 11.8 Å². The van der Waals surface area contributed by atoms with Gasteiger partial charge in [0.1, 0.15) is 11.8 Å². The van der Waals surface area contributed by atoms with E-state index in [1.165, 1.54) is 0 Å². The number of amides is 2. The summed E-state index contributed by atoms with van der Waals surface area (Å²) in [5.41, 5.74) is 1.86. The molecule has 2 N–H and O–H groups in total. The van der Waals surface area contributed by atoms with E-state index in [1.54, 1.807) is 7.11 Å². The maximum absolute atomic E-state index is 12.5. The van der Waals surface area contributed by atoms with E-state index in [2.05, 4.69) is 10.6 Å². The second-order valence-electron chi connectivity index (χ2n) is 6.52. The molecular weight excluding hydrogens is 328 g/mol. The molecule has 2 amide bonds. The second-order valence-corrected chi connectivity index (χ2v) is 6.52. The van der Waals surface area contributed by atoms with Gasteiger partial charge in [0.05, 0.1) is 13.5 Å². The predicted molar refractivity (Wildman–Crippen MR) is 102 cm³/mol. The smallest absolute Gasteiger partial charge is 0.243 e. The Balaban J connectivity index is 1.92. The van der Waals surface area contributed by atoms with Crippen molar-refractivity contribution in [3.63, 3.8) is 0 Å². The lowest BCUT2D eigenvalue weighted by Gasteiger charge is -2.22. The SMILES string of the molecule is COc1cccc(CNC(=O)[C@@H](NC(=O)Cc2ccccc2)C(C)C)c1. The molecule has 1 atom stereocenters. The molecule has 2 rings (SSSR count). The minimum Gasteiger partial charge on any atom is -0.497 e. The summed E-state index contributed by atoms with van der Waals surface area (Å²) >= 11 is 0. The van der Waals surface area contributed by atoms with Gasteiger partial charge in [-0.3, -0.25) is 9.59 Å². The Bertz CT molecular complexity index is 729. The normalized spacial score (nSPS) is 11.7. The summed E-state index contributed by atoms with van der Waals surface area (Å²) in [6, 6.07) is 16.4. The zero-order chi connectivity index (χ0) is 18.9. The Morgan fingerprint density at radius 1 is 1.00 bits per heavy atom. The fraction of sp³-hybridized carbons (Fsp3) is 0.333. The maximum atomic E-state index is 12.5. The highest BCUT2D eigenvalue weighted by Crippen LogP contribution is 2.12. The third-order valence-corrected chi connectivity index (χ3v) is 4.07. The van der Waals surface area contributed by atoms with Gasteiger partial charge in [0.25, 0.3) is 0 Å². The molecule has 0 aromatic heterocycles. The first-order valence-corrected chi connectivity index (χ1v) is 8.73. The number of carbonyl (C=O) groups is 2. The summed E-state index contributed by atoms with van der Waals surface area (Å²) in [7, 11) is 1.61. The van der Waals surface area contributed by atoms with Gasteiger partial charge in [-0.15, -0.1) is 0 Å². The van der Waals surface area contributed by atoms with E-state index >= 15 is 0 Å². The van der Waals surface area contributed by atoms with Crippen molar-refractivity contribution >= 4 is 11.8 Å². The highest BCUT2D eigenvalue weighted by molar-refractivity contribution is 5.88. The van der Waals surface area contributed by atoms with Crippen LogP contribution in [0.15, 0.2) is 54.6 Å². The fourth-order valence-corrected chi connectivity index (χ4v) is 2.62. The monoisotopic (exact) mass is 354 g/mol. The van der Waals surface area contributed by atoms with Crippen LogP contribution in [-0.2, 0) is 22.6 Å². The van der Waals surface area contributed by atoms with E-state index in [1.807, 2.05) is 68.4 Å². The first kappa shape index (κ1) is 19.5. The molecule has 2 aromatic rings. The fourth-order valence-electron chi connectivity index (χ4n) is 2.62. The van der Waals surface area contributed by atoms with Crippen molar-refractivity contribution < 1.29 is 14.3 Å². The van der Waals surface area contributed by atoms with Gasteiger partial charge < -0.3 is 15.4 Å². The third kappa shape index (κ3) is 5.92. The van der Waals surface area contributed by atoms with Gasteiger partial charge in [-0.1, -0.05) is 56.3 Å². The van der Waals surface area contributed by atoms with Crippen LogP contribution in [0.1, 0.15) is 25.0 Å². The molecule has 0 saturated heterocycles. The van der Waals surface area contributed by atoms with Gasteiger partial charge >= 0.3 is 0 Å². The van der Waals surface area contributed by atoms with Crippen molar-refractivity contribution in [1.82, 2.24) is 10.6 Å². The van der Waals surface area contributed by atoms with E-state index in [9.17, 15) is 9.59 Å². The van der Waals surface area contributed by atoms with Crippen LogP contribution in [0.25, 0.3) is 0 Å². The van der Waals surface area contributed by atoms with Gasteiger partial charge in [-0.05, 0) is 29.2 Å². The minimum atomic E-state index is -0.572. The average Bonchev–Trinajstić information content (AvgIpc) is 2.65. The van der Waals surface area contributed by atoms with Crippen LogP contribution < -0.4 is 15.4 Å². The predicted octanol–water partition coefficient (Wildman–Crippen LogP) is 2.69. The van der Waals surface area contributed by atoms with Gasteiger partial charge in [-0.25, -0.2) is 0 Å². The number of methoxy groups -OCH3 is 1. The largest absolute Gasteiger partial charge is 0.497 e. The molecule has 5 heteroatoms. The highest BCUT2D eigenvalue weighted by Gasteiger charge is 2.23. The molecule has 0 bridgehead atoms. The first-order valence-electron chi connectivity index (χ1n) is 8.73. The molecule has 2 aromatic carbocycles. The van der Waals surface area contributed by atoms with E-state index in [4.69, 9.17) is 4.74 Å². The van der Waals surface area contributed by atoms with Crippen molar-refractivity contribution in [2.45, 2.75) is 32.9 Å². The van der Waals surface area contributed by atoms with E-state index in [0.717, 1.165) is 16.9 Å². The number of hydrogen-bond donors (Lipinski definition) is 2. The molecule has 0 radical (unpaired) electrons. The van der Waals surface area contributed by atoms with Crippen molar-refractivity contribution in [2.75, 3.05) is 7.11 Å². The molecule has 0 spiro atoms. The van der Waals surface area contributed by atoms with Crippen LogP contribution in [-0.4, -0.2) is 25.0 Å². The molecule has 138 valence electrons. The molecule has 0 heterocycles. The Morgan fingerprint density at radius 3 is 2.35 bits per heavy atom. The Labute approximate surface area is 154 Å². The standard InChI is InChI=1S/C21H26N2O3/c1-15(2)20(23-19(24)13-16-8-5-4-6-9-16)21(25)22-14-17-10-7-11-18(12-17)26-3/h4-12,15,20H,13-14H2,1-3H3,(H,22,25)(H,23,24)/t20-/m0/s1. The number of nitrogens with one attached hydrogen (secondary N) is 2. The van der Waals surface area contributed by atoms with Crippen LogP contribution >= 0.6 is 0 Å². The van der Waals surface area contributed by atoms with Gasteiger partial charge in [0.15, 0.2) is 0 Å². The topological polar surface area (TPSA) is 67.4 Å². The molecule has 26 heavy (non-hydrogen) atoms. The van der Waals surface area contributed by atoms with Crippen LogP contribution in [0.5, 0.6) is 5.75 Å². The molecule has 0 saturated carbocycles. The minimum absolute atomic E-state index is 0.0139. The van der Waals surface area contributed by atoms with Crippen molar-refractivity contribution in [1.29, 1.82) is 0 Å². The van der Waals surface area contributed by atoms with Crippen molar-refractivity contribution in [3.8, 4) is 5.75 Å². The molecule has 0 fully saturated rings. The van der Waals surface area contributed by atoms with Crippen molar-refractivity contribution in [3.05, 3.63) is 65.7 Å². The third-order valence-electron chi connectivity index (χ3n) is 4.07. The van der Waals surface area contributed by atoms with Crippen molar-refractivity contribution in [2.24, 2.45) is 5.92 Å². The van der Waals surface area contributed by atoms with E-state index in [-0.39, 0.29) is 24.2 Å². The second kappa shape index (κ2) is 9.61. The lowest BCUT2D eigenvalue weighted by atomic mass is 10.0. The molecule has 5 nitrogen and oxygen atoms in total. The van der Waals surface area contributed by atoms with Crippen LogP contribution in [0, 0.1) is 5.92 Å². The van der Waals surface area contributed by atoms with Crippen LogP contribution in [0.4, 0.5) is 0 Å². The lowest BCUT2D eigenvalue weighted by molar-refractivity contribution is -0.129. The average molecular weight is 354 g/mol. The lowest BCUT2D eigenvalue weighted by Crippen LogP contribution is -2.49. The number of hydrogen-bond acceptors (Lipinski definition) is 3. The summed E-state index contributed by atoms with van der Waals surface area (Å²) in [4.78, 5) is 24.8. The van der Waals surface area contributed by atoms with Gasteiger partial charge in [-0.2, -0.15) is 0 Å². The van der Waals surface area contributed by atoms with E-state index < -0.39 is 6.04 Å². The molecule has 0 aliphatic carbocycles. The number of carbonyl (C=O) groups excluding carboxylic acids is 2. The summed E-state index contributed by atoms with van der Waals surface area (Å²) in [5, 5.41) is 5.74.